The number of hydrogen-bond donors (Lipinski definition) is 1. The van der Waals surface area contributed by atoms with Gasteiger partial charge in [-0.25, -0.2) is 4.79 Å². The molecule has 2 aromatic carbocycles. The van der Waals surface area contributed by atoms with E-state index in [9.17, 15) is 9.59 Å². The molecule has 0 radical (unpaired) electrons. The summed E-state index contributed by atoms with van der Waals surface area (Å²) in [6, 6.07) is 15.3. The van der Waals surface area contributed by atoms with E-state index in [1.165, 1.54) is 17.5 Å². The number of hydrogen-bond acceptors (Lipinski definition) is 3. The molecule has 1 aliphatic carbocycles. The van der Waals surface area contributed by atoms with Crippen LogP contribution in [0.25, 0.3) is 0 Å². The average molecular weight is 337 g/mol. The lowest BCUT2D eigenvalue weighted by molar-refractivity contribution is -0.129. The molecule has 130 valence electrons. The monoisotopic (exact) mass is 337 g/mol. The van der Waals surface area contributed by atoms with Crippen LogP contribution in [0, 0.1) is 0 Å². The molecule has 0 fully saturated rings. The Morgan fingerprint density at radius 3 is 2.52 bits per heavy atom. The summed E-state index contributed by atoms with van der Waals surface area (Å²) in [6.07, 6.45) is 3.61. The Kier molecular flexibility index (Phi) is 5.49. The molecule has 1 unspecified atom stereocenters. The fourth-order valence-electron chi connectivity index (χ4n) is 3.07. The predicted molar refractivity (Wildman–Crippen MR) is 96.3 cm³/mol. The van der Waals surface area contributed by atoms with E-state index in [-0.39, 0.29) is 5.91 Å². The summed E-state index contributed by atoms with van der Waals surface area (Å²) in [4.78, 5) is 24.4. The highest BCUT2D eigenvalue weighted by atomic mass is 16.5. The van der Waals surface area contributed by atoms with Gasteiger partial charge in [0.05, 0.1) is 5.56 Å². The summed E-state index contributed by atoms with van der Waals surface area (Å²) in [5.74, 6) is -0.745. The lowest BCUT2D eigenvalue weighted by Gasteiger charge is -2.17. The van der Waals surface area contributed by atoms with Crippen LogP contribution >= 0.6 is 0 Å². The van der Waals surface area contributed by atoms with Crippen LogP contribution in [0.3, 0.4) is 0 Å². The van der Waals surface area contributed by atoms with E-state index in [4.69, 9.17) is 4.74 Å². The molecule has 1 atom stereocenters. The maximum atomic E-state index is 12.3. The van der Waals surface area contributed by atoms with Crippen LogP contribution in [0.4, 0.5) is 0 Å². The Balaban J connectivity index is 1.55. The van der Waals surface area contributed by atoms with Crippen LogP contribution in [0.5, 0.6) is 0 Å². The summed E-state index contributed by atoms with van der Waals surface area (Å²) in [5.41, 5.74) is 4.06. The molecule has 0 bridgehead atoms. The van der Waals surface area contributed by atoms with Crippen molar-refractivity contribution < 1.29 is 14.3 Å². The molecular formula is C21H23NO3. The third kappa shape index (κ3) is 4.47. The van der Waals surface area contributed by atoms with E-state index < -0.39 is 12.1 Å². The van der Waals surface area contributed by atoms with Crippen LogP contribution in [0.15, 0.2) is 48.5 Å². The van der Waals surface area contributed by atoms with Crippen molar-refractivity contribution in [1.29, 1.82) is 0 Å². The topological polar surface area (TPSA) is 55.4 Å². The number of aryl methyl sites for hydroxylation is 2. The maximum Gasteiger partial charge on any atom is 0.338 e. The van der Waals surface area contributed by atoms with Crippen molar-refractivity contribution in [2.24, 2.45) is 0 Å². The molecule has 4 heteroatoms. The SMILES string of the molecule is CC(OC(=O)c1ccc2c(c1)CCCC2)C(=O)NCc1ccccc1. The van der Waals surface area contributed by atoms with Crippen molar-refractivity contribution in [2.45, 2.75) is 45.3 Å². The lowest BCUT2D eigenvalue weighted by atomic mass is 9.90. The first-order valence-electron chi connectivity index (χ1n) is 8.78. The normalized spacial score (nSPS) is 14.3. The van der Waals surface area contributed by atoms with Crippen LogP contribution in [0.2, 0.25) is 0 Å². The van der Waals surface area contributed by atoms with Crippen LogP contribution < -0.4 is 5.32 Å². The Hall–Kier alpha value is -2.62. The minimum atomic E-state index is -0.827. The summed E-state index contributed by atoms with van der Waals surface area (Å²) < 4.78 is 5.33. The van der Waals surface area contributed by atoms with Crippen molar-refractivity contribution in [2.75, 3.05) is 0 Å². The fraction of sp³-hybridized carbons (Fsp3) is 0.333. The molecule has 0 saturated heterocycles. The Bertz CT molecular complexity index is 755. The van der Waals surface area contributed by atoms with E-state index in [0.717, 1.165) is 24.8 Å². The van der Waals surface area contributed by atoms with Crippen molar-refractivity contribution in [1.82, 2.24) is 5.32 Å². The first-order valence-corrected chi connectivity index (χ1v) is 8.78. The van der Waals surface area contributed by atoms with E-state index >= 15 is 0 Å². The van der Waals surface area contributed by atoms with Gasteiger partial charge < -0.3 is 10.1 Å². The number of rotatable bonds is 5. The third-order valence-corrected chi connectivity index (χ3v) is 4.55. The van der Waals surface area contributed by atoms with E-state index in [0.29, 0.717) is 12.1 Å². The number of esters is 1. The van der Waals surface area contributed by atoms with Gasteiger partial charge in [0.1, 0.15) is 0 Å². The summed E-state index contributed by atoms with van der Waals surface area (Å²) in [5, 5.41) is 2.79. The molecule has 0 saturated carbocycles. The summed E-state index contributed by atoms with van der Waals surface area (Å²) in [6.45, 7) is 2.01. The fourth-order valence-corrected chi connectivity index (χ4v) is 3.07. The van der Waals surface area contributed by atoms with Gasteiger partial charge in [-0.05, 0) is 61.4 Å². The van der Waals surface area contributed by atoms with E-state index in [2.05, 4.69) is 5.32 Å². The molecule has 3 rings (SSSR count). The molecule has 25 heavy (non-hydrogen) atoms. The van der Waals surface area contributed by atoms with Gasteiger partial charge in [-0.2, -0.15) is 0 Å². The van der Waals surface area contributed by atoms with E-state index in [1.54, 1.807) is 13.0 Å². The zero-order chi connectivity index (χ0) is 17.6. The summed E-state index contributed by atoms with van der Waals surface area (Å²) >= 11 is 0. The third-order valence-electron chi connectivity index (χ3n) is 4.55. The largest absolute Gasteiger partial charge is 0.449 e. The molecule has 1 amide bonds. The summed E-state index contributed by atoms with van der Waals surface area (Å²) in [7, 11) is 0. The number of fused-ring (bicyclic) bond motifs is 1. The Labute approximate surface area is 148 Å². The van der Waals surface area contributed by atoms with Crippen LogP contribution in [-0.4, -0.2) is 18.0 Å². The highest BCUT2D eigenvalue weighted by molar-refractivity contribution is 5.92. The number of nitrogens with one attached hydrogen (secondary N) is 1. The second-order valence-electron chi connectivity index (χ2n) is 6.44. The van der Waals surface area contributed by atoms with Crippen LogP contribution in [0.1, 0.15) is 46.8 Å². The van der Waals surface area contributed by atoms with Crippen molar-refractivity contribution in [3.05, 3.63) is 70.8 Å². The Morgan fingerprint density at radius 2 is 1.76 bits per heavy atom. The standard InChI is InChI=1S/C21H23NO3/c1-15(20(23)22-14-16-7-3-2-4-8-16)25-21(24)19-12-11-17-9-5-6-10-18(17)13-19/h2-4,7-8,11-13,15H,5-6,9-10,14H2,1H3,(H,22,23). The lowest BCUT2D eigenvalue weighted by Crippen LogP contribution is -2.35. The van der Waals surface area contributed by atoms with Gasteiger partial charge >= 0.3 is 5.97 Å². The second kappa shape index (κ2) is 7.97. The second-order valence-corrected chi connectivity index (χ2v) is 6.44. The minimum absolute atomic E-state index is 0.296. The van der Waals surface area contributed by atoms with Gasteiger partial charge in [-0.1, -0.05) is 36.4 Å². The molecule has 1 N–H and O–H groups in total. The molecule has 4 nitrogen and oxygen atoms in total. The predicted octanol–water partition coefficient (Wildman–Crippen LogP) is 3.43. The van der Waals surface area contributed by atoms with Gasteiger partial charge in [0, 0.05) is 6.54 Å². The van der Waals surface area contributed by atoms with Gasteiger partial charge in [0.15, 0.2) is 6.10 Å². The zero-order valence-corrected chi connectivity index (χ0v) is 14.5. The highest BCUT2D eigenvalue weighted by Crippen LogP contribution is 2.22. The first-order chi connectivity index (χ1) is 12.1. The molecule has 0 aromatic heterocycles. The quantitative estimate of drug-likeness (QED) is 0.851. The Morgan fingerprint density at radius 1 is 1.04 bits per heavy atom. The number of amides is 1. The molecule has 0 heterocycles. The molecule has 0 spiro atoms. The average Bonchev–Trinajstić information content (AvgIpc) is 2.66. The van der Waals surface area contributed by atoms with Crippen molar-refractivity contribution in [3.8, 4) is 0 Å². The first kappa shape index (κ1) is 17.2. The van der Waals surface area contributed by atoms with E-state index in [1.807, 2.05) is 42.5 Å². The van der Waals surface area contributed by atoms with Gasteiger partial charge in [-0.15, -0.1) is 0 Å². The number of carbonyl (C=O) groups is 2. The minimum Gasteiger partial charge on any atom is -0.449 e. The number of ether oxygens (including phenoxy) is 1. The number of benzene rings is 2. The highest BCUT2D eigenvalue weighted by Gasteiger charge is 2.20. The smallest absolute Gasteiger partial charge is 0.338 e. The van der Waals surface area contributed by atoms with Gasteiger partial charge in [-0.3, -0.25) is 4.79 Å². The number of carbonyl (C=O) groups excluding carboxylic acids is 2. The zero-order valence-electron chi connectivity index (χ0n) is 14.5. The molecule has 0 aliphatic heterocycles. The molecule has 2 aromatic rings. The van der Waals surface area contributed by atoms with Crippen molar-refractivity contribution >= 4 is 11.9 Å². The van der Waals surface area contributed by atoms with Gasteiger partial charge in [0.2, 0.25) is 0 Å². The maximum absolute atomic E-state index is 12.3. The molecular weight excluding hydrogens is 314 g/mol. The van der Waals surface area contributed by atoms with Crippen LogP contribution in [-0.2, 0) is 28.9 Å². The van der Waals surface area contributed by atoms with Gasteiger partial charge in [0.25, 0.3) is 5.91 Å². The molecule has 1 aliphatic rings. The van der Waals surface area contributed by atoms with Crippen molar-refractivity contribution in [3.63, 3.8) is 0 Å².